The molecule has 2 heterocycles. The van der Waals surface area contributed by atoms with Gasteiger partial charge >= 0.3 is 6.18 Å². The molecule has 1 saturated heterocycles. The highest BCUT2D eigenvalue weighted by Gasteiger charge is 2.48. The van der Waals surface area contributed by atoms with Gasteiger partial charge in [-0.1, -0.05) is 45.8 Å². The van der Waals surface area contributed by atoms with E-state index in [-0.39, 0.29) is 18.0 Å². The molecular formula is C20H19F3N2O3S. The van der Waals surface area contributed by atoms with Crippen LogP contribution in [0.5, 0.6) is 0 Å². The van der Waals surface area contributed by atoms with E-state index >= 15 is 0 Å². The minimum Gasteiger partial charge on any atom is -0.593 e. The van der Waals surface area contributed by atoms with Gasteiger partial charge in [-0.15, -0.1) is 4.31 Å². The molecule has 0 aromatic heterocycles. The highest BCUT2D eigenvalue weighted by Crippen LogP contribution is 2.39. The summed E-state index contributed by atoms with van der Waals surface area (Å²) in [6.45, 7) is 0.274. The molecule has 29 heavy (non-hydrogen) atoms. The van der Waals surface area contributed by atoms with Crippen molar-refractivity contribution in [2.24, 2.45) is 5.16 Å². The highest BCUT2D eigenvalue weighted by atomic mass is 32.3. The van der Waals surface area contributed by atoms with E-state index in [2.05, 4.69) is 5.16 Å². The molecule has 4 rings (SSSR count). The molecule has 2 aromatic carbocycles. The quantitative estimate of drug-likeness (QED) is 0.692. The van der Waals surface area contributed by atoms with E-state index in [9.17, 15) is 21.9 Å². The first-order valence-electron chi connectivity index (χ1n) is 9.18. The molecule has 2 aliphatic heterocycles. The van der Waals surface area contributed by atoms with Crippen LogP contribution in [-0.2, 0) is 25.6 Å². The van der Waals surface area contributed by atoms with Crippen LogP contribution < -0.4 is 0 Å². The third kappa shape index (κ3) is 3.94. The van der Waals surface area contributed by atoms with Gasteiger partial charge in [-0.25, -0.2) is 0 Å². The number of sulfonamides is 1. The molecule has 2 aliphatic rings. The molecule has 9 heteroatoms. The van der Waals surface area contributed by atoms with Crippen LogP contribution in [0.4, 0.5) is 13.2 Å². The average Bonchev–Trinajstić information content (AvgIpc) is 3.11. The predicted octanol–water partition coefficient (Wildman–Crippen LogP) is 4.27. The normalized spacial score (nSPS) is 24.8. The Hall–Kier alpha value is -2.23. The molecule has 0 bridgehead atoms. The fourth-order valence-electron chi connectivity index (χ4n) is 3.77. The first-order valence-corrected chi connectivity index (χ1v) is 10.6. The Morgan fingerprint density at radius 3 is 2.62 bits per heavy atom. The second-order valence-electron chi connectivity index (χ2n) is 7.32. The molecule has 2 atom stereocenters. The Kier molecular flexibility index (Phi) is 5.00. The van der Waals surface area contributed by atoms with Gasteiger partial charge in [0.2, 0.25) is 0 Å². The molecule has 154 valence electrons. The molecule has 2 aromatic rings. The zero-order chi connectivity index (χ0) is 20.7. The van der Waals surface area contributed by atoms with Crippen LogP contribution in [0.3, 0.4) is 0 Å². The van der Waals surface area contributed by atoms with E-state index in [1.165, 1.54) is 10.4 Å². The lowest BCUT2D eigenvalue weighted by atomic mass is 9.87. The number of hydrogen-bond donors (Lipinski definition) is 0. The lowest BCUT2D eigenvalue weighted by Gasteiger charge is -2.38. The van der Waals surface area contributed by atoms with Crippen LogP contribution in [0, 0.1) is 0 Å². The maximum atomic E-state index is 13.0. The lowest BCUT2D eigenvalue weighted by Crippen LogP contribution is -2.52. The number of alkyl halides is 3. The average molecular weight is 424 g/mol. The monoisotopic (exact) mass is 424 g/mol. The van der Waals surface area contributed by atoms with E-state index < -0.39 is 27.7 Å². The summed E-state index contributed by atoms with van der Waals surface area (Å²) in [5.74, 6) is 0. The molecule has 2 unspecified atom stereocenters. The number of rotatable bonds is 3. The second kappa shape index (κ2) is 7.23. The van der Waals surface area contributed by atoms with E-state index in [1.807, 2.05) is 30.3 Å². The van der Waals surface area contributed by atoms with E-state index in [0.717, 1.165) is 23.4 Å². The van der Waals surface area contributed by atoms with Crippen LogP contribution >= 0.6 is 0 Å². The fourth-order valence-corrected chi connectivity index (χ4v) is 5.37. The maximum Gasteiger partial charge on any atom is 0.416 e. The summed E-state index contributed by atoms with van der Waals surface area (Å²) in [6, 6.07) is 13.3. The van der Waals surface area contributed by atoms with Gasteiger partial charge in [0.1, 0.15) is 0 Å². The van der Waals surface area contributed by atoms with Crippen LogP contribution in [0.1, 0.15) is 30.4 Å². The Balaban J connectivity index is 1.55. The molecule has 0 radical (unpaired) electrons. The smallest absolute Gasteiger partial charge is 0.416 e. The van der Waals surface area contributed by atoms with Crippen molar-refractivity contribution in [3.05, 3.63) is 65.7 Å². The van der Waals surface area contributed by atoms with Crippen LogP contribution in [0.25, 0.3) is 0 Å². The van der Waals surface area contributed by atoms with Crippen molar-refractivity contribution in [1.29, 1.82) is 0 Å². The van der Waals surface area contributed by atoms with Gasteiger partial charge in [-0.2, -0.15) is 13.2 Å². The fraction of sp³-hybridized carbons (Fsp3) is 0.350. The molecule has 5 nitrogen and oxygen atoms in total. The third-order valence-electron chi connectivity index (χ3n) is 5.25. The molecule has 1 spiro atoms. The number of nitrogens with zero attached hydrogens (tertiary/aromatic N) is 2. The van der Waals surface area contributed by atoms with Crippen molar-refractivity contribution in [3.8, 4) is 0 Å². The van der Waals surface area contributed by atoms with Crippen LogP contribution in [0.15, 0.2) is 64.6 Å². The zero-order valence-electron chi connectivity index (χ0n) is 15.4. The molecule has 1 fully saturated rings. The van der Waals surface area contributed by atoms with Gasteiger partial charge in [0.25, 0.3) is 0 Å². The minimum atomic E-state index is -4.61. The van der Waals surface area contributed by atoms with Crippen molar-refractivity contribution in [3.63, 3.8) is 0 Å². The van der Waals surface area contributed by atoms with Crippen molar-refractivity contribution < 1.29 is 26.8 Å². The van der Waals surface area contributed by atoms with Crippen LogP contribution in [-0.4, -0.2) is 33.3 Å². The number of halogens is 3. The standard InChI is InChI=1S/C20H19F3N2O3S/c21-20(22,23)16-8-4-9-17(12-16)29(26,27)25-11-5-10-19(14-25)13-18(24-28-19)15-6-2-1-3-7-15/h1-4,6-9,12H,5,10-11,13-14H2. The molecule has 0 N–H and O–H groups in total. The summed E-state index contributed by atoms with van der Waals surface area (Å²) in [5.41, 5.74) is -0.138. The minimum absolute atomic E-state index is 0.0470. The van der Waals surface area contributed by atoms with Gasteiger partial charge in [0.15, 0.2) is 20.9 Å². The lowest BCUT2D eigenvalue weighted by molar-refractivity contribution is -0.137. The third-order valence-corrected chi connectivity index (χ3v) is 7.09. The van der Waals surface area contributed by atoms with E-state index in [1.54, 1.807) is 0 Å². The number of hydrogen-bond acceptors (Lipinski definition) is 4. The number of benzene rings is 2. The van der Waals surface area contributed by atoms with Gasteiger partial charge in [-0.05, 0) is 30.5 Å². The zero-order valence-corrected chi connectivity index (χ0v) is 16.2. The molecular weight excluding hydrogens is 405 g/mol. The topological polar surface area (TPSA) is 65.0 Å². The van der Waals surface area contributed by atoms with E-state index in [4.69, 9.17) is 4.84 Å². The SMILES string of the molecule is O=[S+]([O-])(c1cccc(C(F)(F)F)c1)N1CCCC2(CC(c3ccccc3)=NO2)C1. The van der Waals surface area contributed by atoms with Crippen molar-refractivity contribution in [1.82, 2.24) is 4.31 Å². The summed E-state index contributed by atoms with van der Waals surface area (Å²) in [4.78, 5) is 5.32. The molecule has 0 aliphatic carbocycles. The van der Waals surface area contributed by atoms with Crippen molar-refractivity contribution >= 4 is 16.1 Å². The number of piperidine rings is 1. The summed E-state index contributed by atoms with van der Waals surface area (Å²) in [6.07, 6.45) is -3.00. The first-order chi connectivity index (χ1) is 13.7. The summed E-state index contributed by atoms with van der Waals surface area (Å²) in [5, 5.41) is 4.16. The van der Waals surface area contributed by atoms with Gasteiger partial charge in [-0.3, -0.25) is 0 Å². The summed E-state index contributed by atoms with van der Waals surface area (Å²) >= 11 is 0. The van der Waals surface area contributed by atoms with Gasteiger partial charge in [0, 0.05) is 19.0 Å². The Bertz CT molecular complexity index is 980. The van der Waals surface area contributed by atoms with Gasteiger partial charge < -0.3 is 9.39 Å². The van der Waals surface area contributed by atoms with Crippen LogP contribution in [0.2, 0.25) is 0 Å². The predicted molar refractivity (Wildman–Crippen MR) is 101 cm³/mol. The number of oxime groups is 1. The molecule has 0 amide bonds. The first kappa shape index (κ1) is 20.1. The molecule has 0 saturated carbocycles. The Morgan fingerprint density at radius 2 is 1.90 bits per heavy atom. The van der Waals surface area contributed by atoms with Crippen molar-refractivity contribution in [2.75, 3.05) is 13.1 Å². The Morgan fingerprint density at radius 1 is 1.14 bits per heavy atom. The van der Waals surface area contributed by atoms with Gasteiger partial charge in [0.05, 0.1) is 17.8 Å². The van der Waals surface area contributed by atoms with E-state index in [0.29, 0.717) is 25.3 Å². The highest BCUT2D eigenvalue weighted by molar-refractivity contribution is 7.95. The maximum absolute atomic E-state index is 13.0. The summed E-state index contributed by atoms with van der Waals surface area (Å²) < 4.78 is 66.2. The Labute approximate surface area is 167 Å². The van der Waals surface area contributed by atoms with Crippen molar-refractivity contribution in [2.45, 2.75) is 35.9 Å². The largest absolute Gasteiger partial charge is 0.593 e. The summed E-state index contributed by atoms with van der Waals surface area (Å²) in [7, 11) is -4.09. The second-order valence-corrected chi connectivity index (χ2v) is 9.26.